The number of aromatic nitrogens is 5. The fraction of sp³-hybridized carbons (Fsp3) is 0.500. The zero-order valence-corrected chi connectivity index (χ0v) is 24.6. The molecule has 5 heterocycles. The standard InChI is InChI=1S/C30H34F5N7O2/c1-19(2)24-14-38(3)7-8-39(24)12-20-9-23(30(33,34)35)25-15-40(28(43)41(25)13-20)22-6-4-5-21(10-22)29(16-44-17-29)11-26-37-36-18-42(26)27(31)32/h4-6,9-10,13,15,18-19,24,27H,7-8,11-12,14,16-17H2,1-3H3/t24-/m1/s1. The number of nitrogens with zero attached hydrogens (tertiary/aromatic N) is 7. The smallest absolute Gasteiger partial charge is 0.379 e. The van der Waals surface area contributed by atoms with Crippen LogP contribution in [0.4, 0.5) is 22.0 Å². The summed E-state index contributed by atoms with van der Waals surface area (Å²) in [7, 11) is 2.03. The Kier molecular flexibility index (Phi) is 7.87. The molecule has 0 bridgehead atoms. The van der Waals surface area contributed by atoms with Crippen LogP contribution in [0.3, 0.4) is 0 Å². The lowest BCUT2D eigenvalue weighted by Crippen LogP contribution is -2.53. The van der Waals surface area contributed by atoms with Gasteiger partial charge >= 0.3 is 18.4 Å². The van der Waals surface area contributed by atoms with Crippen LogP contribution in [0.25, 0.3) is 11.2 Å². The van der Waals surface area contributed by atoms with Gasteiger partial charge in [-0.1, -0.05) is 26.0 Å². The summed E-state index contributed by atoms with van der Waals surface area (Å²) in [4.78, 5) is 18.1. The molecule has 0 radical (unpaired) electrons. The van der Waals surface area contributed by atoms with Crippen molar-refractivity contribution in [1.29, 1.82) is 0 Å². The van der Waals surface area contributed by atoms with E-state index in [1.165, 1.54) is 17.0 Å². The highest BCUT2D eigenvalue weighted by Crippen LogP contribution is 2.38. The van der Waals surface area contributed by atoms with Gasteiger partial charge in [-0.15, -0.1) is 10.2 Å². The molecule has 1 atom stereocenters. The molecule has 4 aromatic rings. The van der Waals surface area contributed by atoms with Crippen molar-refractivity contribution < 1.29 is 26.7 Å². The predicted molar refractivity (Wildman–Crippen MR) is 152 cm³/mol. The monoisotopic (exact) mass is 619 g/mol. The number of imidazole rings is 1. The van der Waals surface area contributed by atoms with Crippen LogP contribution >= 0.6 is 0 Å². The maximum atomic E-state index is 14.4. The van der Waals surface area contributed by atoms with Crippen LogP contribution in [-0.4, -0.2) is 79.5 Å². The van der Waals surface area contributed by atoms with Gasteiger partial charge in [-0.25, -0.2) is 4.79 Å². The summed E-state index contributed by atoms with van der Waals surface area (Å²) in [5.41, 5.74) is -1.03. The number of piperazine rings is 1. The van der Waals surface area contributed by atoms with Crippen LogP contribution in [0.1, 0.15) is 42.9 Å². The van der Waals surface area contributed by atoms with Crippen molar-refractivity contribution in [3.63, 3.8) is 0 Å². The molecule has 2 aliphatic rings. The molecule has 2 saturated heterocycles. The van der Waals surface area contributed by atoms with Gasteiger partial charge in [0.05, 0.1) is 30.0 Å². The molecule has 44 heavy (non-hydrogen) atoms. The number of rotatable bonds is 8. The van der Waals surface area contributed by atoms with Crippen LogP contribution in [0.2, 0.25) is 0 Å². The normalized spacial score (nSPS) is 19.7. The van der Waals surface area contributed by atoms with Gasteiger partial charge in [0.25, 0.3) is 0 Å². The third kappa shape index (κ3) is 5.54. The third-order valence-electron chi connectivity index (χ3n) is 8.87. The summed E-state index contributed by atoms with van der Waals surface area (Å²) < 4.78 is 78.5. The fourth-order valence-corrected chi connectivity index (χ4v) is 6.36. The summed E-state index contributed by atoms with van der Waals surface area (Å²) in [6, 6.07) is 8.11. The van der Waals surface area contributed by atoms with Crippen LogP contribution in [0, 0.1) is 5.92 Å². The number of benzene rings is 1. The molecule has 2 fully saturated rings. The van der Waals surface area contributed by atoms with Crippen molar-refractivity contribution in [2.75, 3.05) is 39.9 Å². The minimum Gasteiger partial charge on any atom is -0.379 e. The quantitative estimate of drug-likeness (QED) is 0.273. The van der Waals surface area contributed by atoms with E-state index >= 15 is 0 Å². The predicted octanol–water partition coefficient (Wildman–Crippen LogP) is 4.38. The second-order valence-corrected chi connectivity index (χ2v) is 12.3. The third-order valence-corrected chi connectivity index (χ3v) is 8.87. The Labute approximate surface area is 250 Å². The number of hydrogen-bond acceptors (Lipinski definition) is 6. The minimum absolute atomic E-state index is 0.0860. The van der Waals surface area contributed by atoms with Gasteiger partial charge < -0.3 is 9.64 Å². The lowest BCUT2D eigenvalue weighted by molar-refractivity contribution is -0.136. The number of pyridine rings is 1. The minimum atomic E-state index is -4.69. The Bertz CT molecular complexity index is 1710. The molecular formula is C30H34F5N7O2. The molecule has 2 aliphatic heterocycles. The number of hydrogen-bond donors (Lipinski definition) is 0. The summed E-state index contributed by atoms with van der Waals surface area (Å²) in [6.45, 7) is 4.46. The number of likely N-dealkylation sites (N-methyl/N-ethyl adjacent to an activating group) is 1. The second-order valence-electron chi connectivity index (χ2n) is 12.3. The Balaban J connectivity index is 1.38. The van der Waals surface area contributed by atoms with E-state index in [-0.39, 0.29) is 43.6 Å². The van der Waals surface area contributed by atoms with Crippen molar-refractivity contribution >= 4 is 5.52 Å². The average molecular weight is 620 g/mol. The number of ether oxygens (including phenoxy) is 1. The van der Waals surface area contributed by atoms with Gasteiger partial charge in [0.2, 0.25) is 0 Å². The largest absolute Gasteiger partial charge is 0.418 e. The van der Waals surface area contributed by atoms with Gasteiger partial charge in [-0.05, 0) is 42.3 Å². The van der Waals surface area contributed by atoms with Crippen LogP contribution < -0.4 is 5.69 Å². The maximum Gasteiger partial charge on any atom is 0.418 e. The summed E-state index contributed by atoms with van der Waals surface area (Å²) in [5, 5.41) is 7.48. The number of alkyl halides is 5. The highest BCUT2D eigenvalue weighted by Gasteiger charge is 2.42. The highest BCUT2D eigenvalue weighted by atomic mass is 19.4. The van der Waals surface area contributed by atoms with E-state index in [9.17, 15) is 26.7 Å². The lowest BCUT2D eigenvalue weighted by Gasteiger charge is -2.42. The number of halogens is 5. The Hall–Kier alpha value is -3.62. The van der Waals surface area contributed by atoms with E-state index in [4.69, 9.17) is 4.74 Å². The van der Waals surface area contributed by atoms with Crippen molar-refractivity contribution in [3.05, 3.63) is 82.1 Å². The van der Waals surface area contributed by atoms with Crippen LogP contribution in [0.5, 0.6) is 0 Å². The van der Waals surface area contributed by atoms with Crippen molar-refractivity contribution in [2.24, 2.45) is 5.92 Å². The van der Waals surface area contributed by atoms with Crippen molar-refractivity contribution in [2.45, 2.75) is 51.0 Å². The van der Waals surface area contributed by atoms with E-state index in [0.29, 0.717) is 33.8 Å². The van der Waals surface area contributed by atoms with E-state index < -0.39 is 29.4 Å². The second kappa shape index (κ2) is 11.4. The molecule has 6 rings (SSSR count). The molecular weight excluding hydrogens is 585 g/mol. The Morgan fingerprint density at radius 2 is 1.89 bits per heavy atom. The van der Waals surface area contributed by atoms with E-state index in [1.54, 1.807) is 24.3 Å². The number of fused-ring (bicyclic) bond motifs is 1. The van der Waals surface area contributed by atoms with E-state index in [0.717, 1.165) is 29.9 Å². The molecule has 0 saturated carbocycles. The molecule has 0 N–H and O–H groups in total. The molecule has 14 heteroatoms. The zero-order chi connectivity index (χ0) is 31.4. The molecule has 236 valence electrons. The van der Waals surface area contributed by atoms with Crippen molar-refractivity contribution in [1.82, 2.24) is 33.5 Å². The Morgan fingerprint density at radius 1 is 1.11 bits per heavy atom. The summed E-state index contributed by atoms with van der Waals surface area (Å²) >= 11 is 0. The molecule has 0 aliphatic carbocycles. The average Bonchev–Trinajstić information content (AvgIpc) is 3.55. The Morgan fingerprint density at radius 3 is 2.55 bits per heavy atom. The van der Waals surface area contributed by atoms with Gasteiger partial charge in [-0.3, -0.25) is 18.4 Å². The zero-order valence-electron chi connectivity index (χ0n) is 24.6. The molecule has 0 amide bonds. The first kappa shape index (κ1) is 30.4. The first-order valence-corrected chi connectivity index (χ1v) is 14.5. The SMILES string of the molecule is CC(C)[C@H]1CN(C)CCN1Cc1cc(C(F)(F)F)c2cn(-c3cccc(C4(Cc5nncn5C(F)F)COC4)c3)c(=O)n2c1. The summed E-state index contributed by atoms with van der Waals surface area (Å²) in [6.07, 6.45) is -0.900. The van der Waals surface area contributed by atoms with E-state index in [1.807, 2.05) is 7.05 Å². The fourth-order valence-electron chi connectivity index (χ4n) is 6.36. The molecule has 0 unspecified atom stereocenters. The molecule has 9 nitrogen and oxygen atoms in total. The first-order valence-electron chi connectivity index (χ1n) is 14.5. The first-order chi connectivity index (χ1) is 20.9. The van der Waals surface area contributed by atoms with Crippen molar-refractivity contribution in [3.8, 4) is 5.69 Å². The maximum absolute atomic E-state index is 14.4. The van der Waals surface area contributed by atoms with Gasteiger partial charge in [-0.2, -0.15) is 22.0 Å². The van der Waals surface area contributed by atoms with Gasteiger partial charge in [0.15, 0.2) is 0 Å². The molecule has 3 aromatic heterocycles. The van der Waals surface area contributed by atoms with Crippen LogP contribution in [0.15, 0.2) is 53.8 Å². The van der Waals surface area contributed by atoms with Crippen LogP contribution in [-0.2, 0) is 29.3 Å². The van der Waals surface area contributed by atoms with E-state index in [2.05, 4.69) is 33.8 Å². The van der Waals surface area contributed by atoms with Gasteiger partial charge in [0.1, 0.15) is 12.2 Å². The molecule has 0 spiro atoms. The van der Waals surface area contributed by atoms with Gasteiger partial charge in [0, 0.05) is 56.5 Å². The lowest BCUT2D eigenvalue weighted by atomic mass is 9.75. The summed E-state index contributed by atoms with van der Waals surface area (Å²) in [5.74, 6) is 0.388. The topological polar surface area (TPSA) is 72.8 Å². The molecule has 1 aromatic carbocycles. The highest BCUT2D eigenvalue weighted by molar-refractivity contribution is 5.58.